The van der Waals surface area contributed by atoms with Crippen LogP contribution in [0.2, 0.25) is 0 Å². The summed E-state index contributed by atoms with van der Waals surface area (Å²) in [5.41, 5.74) is 9.17. The van der Waals surface area contributed by atoms with E-state index >= 15 is 0 Å². The minimum Gasteiger partial charge on any atom is -0.759 e. The van der Waals surface area contributed by atoms with Gasteiger partial charge in [-0.15, -0.1) is 0 Å². The first-order chi connectivity index (χ1) is 3.73. The van der Waals surface area contributed by atoms with Crippen LogP contribution in [0.15, 0.2) is 0 Å². The first-order valence-corrected chi connectivity index (χ1v) is 2.87. The fourth-order valence-electron chi connectivity index (χ4n) is 0. The van der Waals surface area contributed by atoms with Gasteiger partial charge in [0.15, 0.2) is 0 Å². The van der Waals surface area contributed by atoms with E-state index in [0.717, 1.165) is 0 Å². The van der Waals surface area contributed by atoms with Crippen molar-refractivity contribution >= 4 is 33.7 Å². The van der Waals surface area contributed by atoms with Gasteiger partial charge in [-0.05, 0) is 0 Å². The molecule has 13 nitrogen and oxygen atoms in total. The molecule has 0 radical (unpaired) electrons. The molecule has 0 aromatic heterocycles. The van der Waals surface area contributed by atoms with Gasteiger partial charge in [-0.25, -0.2) is 0 Å². The summed E-state index contributed by atoms with van der Waals surface area (Å²) in [6.45, 7) is 0. The van der Waals surface area contributed by atoms with Crippen molar-refractivity contribution in [3.8, 4) is 0 Å². The average molecular weight is 291 g/mol. The third-order valence-corrected chi connectivity index (χ3v) is 0. The molecule has 0 amide bonds. The van der Waals surface area contributed by atoms with Crippen LogP contribution in [0.1, 0.15) is 0 Å². The van der Waals surface area contributed by atoms with Gasteiger partial charge in [-0.2, -0.15) is 0 Å². The van der Waals surface area contributed by atoms with Crippen molar-refractivity contribution in [2.75, 3.05) is 0 Å². The van der Waals surface area contributed by atoms with E-state index in [1.165, 1.54) is 0 Å². The molecule has 0 aromatic rings. The molecule has 0 saturated carbocycles. The Morgan fingerprint density at radius 1 is 0.875 bits per heavy atom. The van der Waals surface area contributed by atoms with Crippen LogP contribution >= 0.6 is 0 Å². The van der Waals surface area contributed by atoms with Gasteiger partial charge >= 0.3 is 23.3 Å². The van der Waals surface area contributed by atoms with Crippen molar-refractivity contribution < 1.29 is 55.8 Å². The molecular formula is CH18AlN3O10S+2. The van der Waals surface area contributed by atoms with Crippen LogP contribution in [0.4, 0.5) is 0 Å². The van der Waals surface area contributed by atoms with E-state index in [1.54, 1.807) is 0 Å². The molecule has 0 aromatic carbocycles. The monoisotopic (exact) mass is 291 g/mol. The Morgan fingerprint density at radius 2 is 0.875 bits per heavy atom. The van der Waals surface area contributed by atoms with Gasteiger partial charge in [0.05, 0.1) is 0 Å². The summed E-state index contributed by atoms with van der Waals surface area (Å²) in [6.07, 6.45) is 0. The van der Waals surface area contributed by atoms with Crippen LogP contribution in [0, 0.1) is 0 Å². The Bertz CT molecular complexity index is 169. The quantitative estimate of drug-likeness (QED) is 0.127. The van der Waals surface area contributed by atoms with E-state index in [9.17, 15) is 0 Å². The van der Waals surface area contributed by atoms with E-state index in [1.807, 2.05) is 0 Å². The summed E-state index contributed by atoms with van der Waals surface area (Å²) in [4.78, 5) is 0. The SMILES string of the molecule is NC(N)=[NH2+].O.O.O.O.O.O.O=S(=O)([O-])[O-].[Al+3]. The van der Waals surface area contributed by atoms with Crippen molar-refractivity contribution in [3.05, 3.63) is 0 Å². The number of rotatable bonds is 0. The molecule has 0 saturated heterocycles. The van der Waals surface area contributed by atoms with Gasteiger partial charge in [0.1, 0.15) is 0 Å². The normalized spacial score (nSPS) is 5.12. The van der Waals surface area contributed by atoms with Crippen LogP contribution in [0.3, 0.4) is 0 Å². The third-order valence-electron chi connectivity index (χ3n) is 0. The van der Waals surface area contributed by atoms with E-state index in [2.05, 4.69) is 16.9 Å². The predicted molar refractivity (Wildman–Crippen MR) is 53.2 cm³/mol. The summed E-state index contributed by atoms with van der Waals surface area (Å²) in [7, 11) is -5.17. The summed E-state index contributed by atoms with van der Waals surface area (Å²) in [6, 6.07) is 0. The first-order valence-electron chi connectivity index (χ1n) is 1.53. The van der Waals surface area contributed by atoms with Gasteiger partial charge in [0.2, 0.25) is 0 Å². The smallest absolute Gasteiger partial charge is 0.759 e. The molecule has 0 aliphatic carbocycles. The van der Waals surface area contributed by atoms with Crippen molar-refractivity contribution in [2.24, 2.45) is 11.5 Å². The topological polar surface area (TPSA) is 347 Å². The van der Waals surface area contributed by atoms with Crippen LogP contribution in [-0.2, 0) is 10.4 Å². The Kier molecular flexibility index (Phi) is 178. The maximum absolute atomic E-state index is 8.52. The molecule has 16 heavy (non-hydrogen) atoms. The molecule has 0 unspecified atom stereocenters. The molecule has 0 aliphatic heterocycles. The van der Waals surface area contributed by atoms with Crippen molar-refractivity contribution in [2.45, 2.75) is 0 Å². The first kappa shape index (κ1) is 77.7. The van der Waals surface area contributed by atoms with Crippen LogP contribution in [0.25, 0.3) is 0 Å². The maximum atomic E-state index is 8.52. The van der Waals surface area contributed by atoms with E-state index < -0.39 is 10.4 Å². The average Bonchev–Trinajstić information content (AvgIpc) is 1.19. The van der Waals surface area contributed by atoms with Crippen molar-refractivity contribution in [1.82, 2.24) is 0 Å². The molecule has 18 N–H and O–H groups in total. The molecule has 0 rings (SSSR count). The standard InChI is InChI=1S/CH5N3.Al.H2O4S.6H2O/c2-1(3)4;;1-5(2,3)4;;;;;;/h(H5,2,3,4);;(H2,1,2,3,4);6*1H2/q;+3;;;;;;;/p-1. The van der Waals surface area contributed by atoms with Crippen LogP contribution in [-0.4, -0.2) is 73.7 Å². The summed E-state index contributed by atoms with van der Waals surface area (Å²) in [5, 5.41) is 4.58. The summed E-state index contributed by atoms with van der Waals surface area (Å²) >= 11 is 0. The predicted octanol–water partition coefficient (Wildman–Crippen LogP) is -9.65. The molecule has 0 heterocycles. The summed E-state index contributed by atoms with van der Waals surface area (Å²) in [5.74, 6) is -0.0833. The largest absolute Gasteiger partial charge is 3.00 e. The maximum Gasteiger partial charge on any atom is 3.00 e. The van der Waals surface area contributed by atoms with Gasteiger partial charge in [0.25, 0.3) is 0 Å². The minimum absolute atomic E-state index is 0. The zero-order valence-electron chi connectivity index (χ0n) is 7.85. The second-order valence-corrected chi connectivity index (χ2v) is 1.72. The van der Waals surface area contributed by atoms with Crippen molar-refractivity contribution in [1.29, 1.82) is 0 Å². The second-order valence-electron chi connectivity index (χ2n) is 0.908. The number of hydrogen-bond acceptors (Lipinski definition) is 4. The summed E-state index contributed by atoms with van der Waals surface area (Å²) < 4.78 is 34.1. The molecule has 104 valence electrons. The second kappa shape index (κ2) is 36.6. The molecule has 0 aliphatic rings. The van der Waals surface area contributed by atoms with Crippen LogP contribution in [0.5, 0.6) is 0 Å². The van der Waals surface area contributed by atoms with E-state index in [4.69, 9.17) is 17.5 Å². The molecule has 0 fully saturated rings. The third kappa shape index (κ3) is 6450. The molecular weight excluding hydrogens is 273 g/mol. The van der Waals surface area contributed by atoms with Crippen LogP contribution < -0.4 is 16.9 Å². The molecule has 0 atom stereocenters. The fraction of sp³-hybridized carbons (Fsp3) is 0. The number of hydrogen-bond donors (Lipinski definition) is 3. The minimum atomic E-state index is -5.17. The van der Waals surface area contributed by atoms with Gasteiger partial charge < -0.3 is 42.0 Å². The van der Waals surface area contributed by atoms with Crippen molar-refractivity contribution in [3.63, 3.8) is 0 Å². The Balaban J connectivity index is -0.00000000614. The number of guanidine groups is 1. The van der Waals surface area contributed by atoms with E-state index in [0.29, 0.717) is 0 Å². The molecule has 15 heteroatoms. The molecule has 0 bridgehead atoms. The van der Waals surface area contributed by atoms with E-state index in [-0.39, 0.29) is 56.2 Å². The van der Waals surface area contributed by atoms with Gasteiger partial charge in [0, 0.05) is 10.4 Å². The Labute approximate surface area is 102 Å². The van der Waals surface area contributed by atoms with Gasteiger partial charge in [-0.3, -0.25) is 25.3 Å². The zero-order valence-corrected chi connectivity index (χ0v) is 9.82. The molecule has 0 spiro atoms. The zero-order chi connectivity index (χ0) is 8.08. The Morgan fingerprint density at radius 3 is 0.875 bits per heavy atom. The van der Waals surface area contributed by atoms with Gasteiger partial charge in [-0.1, -0.05) is 0 Å². The Hall–Kier alpha value is -0.568. The number of nitrogens with two attached hydrogens (primary N) is 3. The fourth-order valence-corrected chi connectivity index (χ4v) is 0.